The molecule has 0 fully saturated rings. The van der Waals surface area contributed by atoms with Crippen molar-refractivity contribution in [3.63, 3.8) is 0 Å². The highest BCUT2D eigenvalue weighted by Crippen LogP contribution is 2.27. The van der Waals surface area contributed by atoms with Crippen molar-refractivity contribution in [2.45, 2.75) is 52.2 Å². The quantitative estimate of drug-likeness (QED) is 0.873. The Kier molecular flexibility index (Phi) is 5.09. The highest BCUT2D eigenvalue weighted by Gasteiger charge is 2.22. The second-order valence-electron chi connectivity index (χ2n) is 6.84. The van der Waals surface area contributed by atoms with Crippen LogP contribution in [-0.4, -0.2) is 21.6 Å². The molecule has 4 heteroatoms. The SMILES string of the molecule is CC1=NCc2cc(CC(=O)C[C@H](C)c3ccccc3)nc(C(C)O)c21. The first-order valence-corrected chi connectivity index (χ1v) is 8.74. The number of pyridine rings is 1. The molecule has 130 valence electrons. The highest BCUT2D eigenvalue weighted by atomic mass is 16.3. The maximum Gasteiger partial charge on any atom is 0.139 e. The van der Waals surface area contributed by atoms with Crippen LogP contribution in [0.1, 0.15) is 67.3 Å². The summed E-state index contributed by atoms with van der Waals surface area (Å²) >= 11 is 0. The molecule has 4 nitrogen and oxygen atoms in total. The molecule has 2 heterocycles. The van der Waals surface area contributed by atoms with E-state index in [0.29, 0.717) is 25.1 Å². The van der Waals surface area contributed by atoms with E-state index in [4.69, 9.17) is 0 Å². The molecule has 1 aromatic carbocycles. The zero-order chi connectivity index (χ0) is 18.0. The van der Waals surface area contributed by atoms with Crippen molar-refractivity contribution < 1.29 is 9.90 Å². The summed E-state index contributed by atoms with van der Waals surface area (Å²) in [6.07, 6.45) is 0.112. The number of carbonyl (C=O) groups is 1. The predicted molar refractivity (Wildman–Crippen MR) is 99.0 cm³/mol. The maximum absolute atomic E-state index is 12.5. The number of carbonyl (C=O) groups excluding carboxylic acids is 1. The van der Waals surface area contributed by atoms with E-state index in [0.717, 1.165) is 22.5 Å². The summed E-state index contributed by atoms with van der Waals surface area (Å²) in [6, 6.07) is 12.0. The number of rotatable bonds is 6. The molecule has 1 aliphatic heterocycles. The molecule has 2 aromatic rings. The maximum atomic E-state index is 12.5. The average molecular weight is 336 g/mol. The Morgan fingerprint density at radius 2 is 1.96 bits per heavy atom. The first-order valence-electron chi connectivity index (χ1n) is 8.74. The molecule has 2 atom stereocenters. The van der Waals surface area contributed by atoms with E-state index in [2.05, 4.69) is 29.0 Å². The van der Waals surface area contributed by atoms with Crippen molar-refractivity contribution in [3.8, 4) is 0 Å². The molecule has 0 bridgehead atoms. The van der Waals surface area contributed by atoms with Crippen LogP contribution in [0.4, 0.5) is 0 Å². The number of aliphatic hydroxyl groups excluding tert-OH is 1. The monoisotopic (exact) mass is 336 g/mol. The second-order valence-corrected chi connectivity index (χ2v) is 6.84. The van der Waals surface area contributed by atoms with Crippen LogP contribution in [0.2, 0.25) is 0 Å². The van der Waals surface area contributed by atoms with Crippen molar-refractivity contribution in [1.82, 2.24) is 4.98 Å². The molecular weight excluding hydrogens is 312 g/mol. The Morgan fingerprint density at radius 1 is 1.24 bits per heavy atom. The lowest BCUT2D eigenvalue weighted by Gasteiger charge is -2.14. The van der Waals surface area contributed by atoms with Gasteiger partial charge in [-0.1, -0.05) is 37.3 Å². The first kappa shape index (κ1) is 17.5. The second kappa shape index (κ2) is 7.28. The van der Waals surface area contributed by atoms with Crippen LogP contribution < -0.4 is 0 Å². The molecule has 0 saturated heterocycles. The predicted octanol–water partition coefficient (Wildman–Crippen LogP) is 3.76. The minimum absolute atomic E-state index is 0.163. The Bertz CT molecular complexity index is 810. The Hall–Kier alpha value is -2.33. The number of fused-ring (bicyclic) bond motifs is 1. The number of nitrogens with zero attached hydrogens (tertiary/aromatic N) is 2. The number of hydrogen-bond donors (Lipinski definition) is 1. The van der Waals surface area contributed by atoms with Gasteiger partial charge in [0.15, 0.2) is 0 Å². The van der Waals surface area contributed by atoms with E-state index in [-0.39, 0.29) is 11.7 Å². The van der Waals surface area contributed by atoms with Gasteiger partial charge in [-0.05, 0) is 37.0 Å². The van der Waals surface area contributed by atoms with E-state index < -0.39 is 6.10 Å². The summed E-state index contributed by atoms with van der Waals surface area (Å²) in [7, 11) is 0. The third-order valence-electron chi connectivity index (χ3n) is 4.71. The molecule has 0 radical (unpaired) electrons. The summed E-state index contributed by atoms with van der Waals surface area (Å²) in [5.74, 6) is 0.348. The molecule has 1 aliphatic rings. The fourth-order valence-electron chi connectivity index (χ4n) is 3.41. The van der Waals surface area contributed by atoms with Gasteiger partial charge in [0.05, 0.1) is 18.3 Å². The van der Waals surface area contributed by atoms with Gasteiger partial charge in [-0.2, -0.15) is 0 Å². The molecule has 0 amide bonds. The van der Waals surface area contributed by atoms with Gasteiger partial charge in [0.1, 0.15) is 5.78 Å². The van der Waals surface area contributed by atoms with Crippen molar-refractivity contribution in [1.29, 1.82) is 0 Å². The summed E-state index contributed by atoms with van der Waals surface area (Å²) in [4.78, 5) is 21.5. The zero-order valence-corrected chi connectivity index (χ0v) is 15.0. The van der Waals surface area contributed by atoms with Gasteiger partial charge in [0.25, 0.3) is 0 Å². The number of aliphatic hydroxyl groups is 1. The summed E-state index contributed by atoms with van der Waals surface area (Å²) in [5.41, 5.74) is 5.45. The number of hydrogen-bond acceptors (Lipinski definition) is 4. The fraction of sp³-hybridized carbons (Fsp3) is 0.381. The number of ketones is 1. The molecule has 1 aromatic heterocycles. The van der Waals surface area contributed by atoms with Crippen LogP contribution in [-0.2, 0) is 17.8 Å². The topological polar surface area (TPSA) is 62.5 Å². The van der Waals surface area contributed by atoms with Crippen LogP contribution in [0, 0.1) is 0 Å². The number of benzene rings is 1. The lowest BCUT2D eigenvalue weighted by atomic mass is 9.93. The zero-order valence-electron chi connectivity index (χ0n) is 15.0. The standard InChI is InChI=1S/C21H24N2O2/c1-13(16-7-5-4-6-8-16)9-19(25)11-18-10-17-12-22-14(2)20(17)21(23-18)15(3)24/h4-8,10,13,15,24H,9,11-12H2,1-3H3/t13-,15?/m0/s1. The van der Waals surface area contributed by atoms with Gasteiger partial charge in [-0.3, -0.25) is 14.8 Å². The Balaban J connectivity index is 1.75. The van der Waals surface area contributed by atoms with Crippen LogP contribution in [0.5, 0.6) is 0 Å². The normalized spacial score (nSPS) is 15.4. The molecule has 3 rings (SSSR count). The number of aliphatic imine (C=N–C) groups is 1. The number of Topliss-reactive ketones (excluding diaryl/α,β-unsaturated/α-hetero) is 1. The minimum atomic E-state index is -0.671. The molecule has 25 heavy (non-hydrogen) atoms. The van der Waals surface area contributed by atoms with E-state index >= 15 is 0 Å². The van der Waals surface area contributed by atoms with Crippen molar-refractivity contribution in [3.05, 3.63) is 64.5 Å². The largest absolute Gasteiger partial charge is 0.387 e. The third-order valence-corrected chi connectivity index (χ3v) is 4.71. The van der Waals surface area contributed by atoms with Crippen molar-refractivity contribution in [2.75, 3.05) is 0 Å². The average Bonchev–Trinajstić information content (AvgIpc) is 2.95. The molecule has 0 aliphatic carbocycles. The van der Waals surface area contributed by atoms with Crippen LogP contribution in [0.25, 0.3) is 0 Å². The van der Waals surface area contributed by atoms with Gasteiger partial charge in [0.2, 0.25) is 0 Å². The lowest BCUT2D eigenvalue weighted by Crippen LogP contribution is -2.13. The Labute approximate surface area is 148 Å². The van der Waals surface area contributed by atoms with E-state index in [1.807, 2.05) is 31.2 Å². The molecular formula is C21H24N2O2. The van der Waals surface area contributed by atoms with Gasteiger partial charge < -0.3 is 5.11 Å². The van der Waals surface area contributed by atoms with Gasteiger partial charge in [-0.15, -0.1) is 0 Å². The lowest BCUT2D eigenvalue weighted by molar-refractivity contribution is -0.118. The van der Waals surface area contributed by atoms with Crippen LogP contribution >= 0.6 is 0 Å². The summed E-state index contributed by atoms with van der Waals surface area (Å²) in [5, 5.41) is 10.1. The van der Waals surface area contributed by atoms with Crippen LogP contribution in [0.15, 0.2) is 41.4 Å². The third kappa shape index (κ3) is 3.85. The smallest absolute Gasteiger partial charge is 0.139 e. The van der Waals surface area contributed by atoms with E-state index in [9.17, 15) is 9.90 Å². The summed E-state index contributed by atoms with van der Waals surface area (Å²) in [6.45, 7) is 6.32. The highest BCUT2D eigenvalue weighted by molar-refractivity contribution is 6.03. The van der Waals surface area contributed by atoms with Crippen molar-refractivity contribution >= 4 is 11.5 Å². The molecule has 1 N–H and O–H groups in total. The van der Waals surface area contributed by atoms with Gasteiger partial charge in [0, 0.05) is 29.8 Å². The fourth-order valence-corrected chi connectivity index (χ4v) is 3.41. The molecule has 0 spiro atoms. The molecule has 1 unspecified atom stereocenters. The summed E-state index contributed by atoms with van der Waals surface area (Å²) < 4.78 is 0. The van der Waals surface area contributed by atoms with E-state index in [1.54, 1.807) is 6.92 Å². The number of aromatic nitrogens is 1. The minimum Gasteiger partial charge on any atom is -0.387 e. The van der Waals surface area contributed by atoms with E-state index in [1.165, 1.54) is 5.56 Å². The van der Waals surface area contributed by atoms with Crippen LogP contribution in [0.3, 0.4) is 0 Å². The molecule has 0 saturated carbocycles. The Morgan fingerprint density at radius 3 is 2.64 bits per heavy atom. The van der Waals surface area contributed by atoms with Crippen molar-refractivity contribution in [2.24, 2.45) is 4.99 Å². The first-order chi connectivity index (χ1) is 12.0. The van der Waals surface area contributed by atoms with Gasteiger partial charge >= 0.3 is 0 Å². The van der Waals surface area contributed by atoms with Gasteiger partial charge in [-0.25, -0.2) is 0 Å².